The average Bonchev–Trinajstić information content (AvgIpc) is 2.87. The Hall–Kier alpha value is -1.11. The number of rotatable bonds is 3. The lowest BCUT2D eigenvalue weighted by atomic mass is 9.95. The van der Waals surface area contributed by atoms with Crippen LogP contribution in [0.3, 0.4) is 0 Å². The molecule has 1 saturated heterocycles. The van der Waals surface area contributed by atoms with E-state index in [1.807, 2.05) is 13.8 Å². The molecule has 1 aliphatic rings. The van der Waals surface area contributed by atoms with Crippen molar-refractivity contribution < 1.29 is 13.2 Å². The summed E-state index contributed by atoms with van der Waals surface area (Å²) in [6.07, 6.45) is -1.24. The topological polar surface area (TPSA) is 34.0 Å². The van der Waals surface area contributed by atoms with Gasteiger partial charge < -0.3 is 4.90 Å². The molecule has 2 heterocycles. The summed E-state index contributed by atoms with van der Waals surface area (Å²) in [6.45, 7) is 9.14. The molecule has 0 spiro atoms. The first-order chi connectivity index (χ1) is 9.85. The fourth-order valence-corrected chi connectivity index (χ4v) is 2.43. The summed E-state index contributed by atoms with van der Waals surface area (Å²) < 4.78 is 37.6. The van der Waals surface area contributed by atoms with Crippen LogP contribution in [0, 0.1) is 0 Å². The largest absolute Gasteiger partial charge is 0.408 e. The van der Waals surface area contributed by atoms with Crippen LogP contribution in [-0.4, -0.2) is 45.0 Å². The first kappa shape index (κ1) is 17.9. The van der Waals surface area contributed by atoms with Gasteiger partial charge in [-0.05, 0) is 39.8 Å². The van der Waals surface area contributed by atoms with Crippen LogP contribution in [0.1, 0.15) is 52.3 Å². The number of hydrogen-bond acceptors (Lipinski definition) is 3. The molecule has 2 rings (SSSR count). The maximum atomic E-state index is 12.2. The van der Waals surface area contributed by atoms with Gasteiger partial charge in [0.05, 0.1) is 0 Å². The predicted molar refractivity (Wildman–Crippen MR) is 76.1 cm³/mol. The highest BCUT2D eigenvalue weighted by Crippen LogP contribution is 2.26. The molecule has 0 aliphatic carbocycles. The Bertz CT molecular complexity index is 407. The first-order valence-corrected chi connectivity index (χ1v) is 7.55. The Morgan fingerprint density at radius 1 is 1.24 bits per heavy atom. The highest BCUT2D eigenvalue weighted by Gasteiger charge is 2.30. The number of nitrogens with zero attached hydrogens (tertiary/aromatic N) is 4. The first-order valence-electron chi connectivity index (χ1n) is 7.55. The maximum Gasteiger partial charge on any atom is 0.408 e. The second-order valence-electron chi connectivity index (χ2n) is 5.32. The Morgan fingerprint density at radius 2 is 1.81 bits per heavy atom. The van der Waals surface area contributed by atoms with Gasteiger partial charge in [-0.2, -0.15) is 18.3 Å². The van der Waals surface area contributed by atoms with Crippen molar-refractivity contribution in [1.29, 1.82) is 0 Å². The second kappa shape index (κ2) is 7.77. The Kier molecular flexibility index (Phi) is 6.64. The monoisotopic (exact) mass is 306 g/mol. The molecule has 0 unspecified atom stereocenters. The fourth-order valence-electron chi connectivity index (χ4n) is 2.43. The SMILES string of the molecule is CC.CC(C)N1CCC(c2ncn(CC(F)(F)F)n2)CC1. The summed E-state index contributed by atoms with van der Waals surface area (Å²) in [7, 11) is 0. The van der Waals surface area contributed by atoms with Crippen LogP contribution in [0.15, 0.2) is 6.33 Å². The molecule has 0 N–H and O–H groups in total. The van der Waals surface area contributed by atoms with Gasteiger partial charge in [-0.15, -0.1) is 0 Å². The third kappa shape index (κ3) is 5.65. The van der Waals surface area contributed by atoms with E-state index in [0.29, 0.717) is 11.9 Å². The van der Waals surface area contributed by atoms with Gasteiger partial charge in [0.2, 0.25) is 0 Å². The number of likely N-dealkylation sites (tertiary alicyclic amines) is 1. The van der Waals surface area contributed by atoms with Crippen molar-refractivity contribution in [1.82, 2.24) is 19.7 Å². The lowest BCUT2D eigenvalue weighted by Crippen LogP contribution is -2.38. The highest BCUT2D eigenvalue weighted by atomic mass is 19.4. The van der Waals surface area contributed by atoms with Crippen molar-refractivity contribution in [2.45, 2.75) is 65.2 Å². The molecule has 0 radical (unpaired) electrons. The van der Waals surface area contributed by atoms with Crippen LogP contribution >= 0.6 is 0 Å². The van der Waals surface area contributed by atoms with Crippen molar-refractivity contribution in [3.8, 4) is 0 Å². The van der Waals surface area contributed by atoms with Gasteiger partial charge in [0, 0.05) is 12.0 Å². The number of piperidine rings is 1. The molecule has 1 fully saturated rings. The Labute approximate surface area is 124 Å². The molecule has 0 saturated carbocycles. The van der Waals surface area contributed by atoms with E-state index < -0.39 is 12.7 Å². The van der Waals surface area contributed by atoms with E-state index in [2.05, 4.69) is 28.8 Å². The molecule has 1 aromatic heterocycles. The minimum absolute atomic E-state index is 0.185. The van der Waals surface area contributed by atoms with Crippen molar-refractivity contribution in [2.75, 3.05) is 13.1 Å². The molecule has 7 heteroatoms. The normalized spacial score (nSPS) is 17.7. The molecule has 1 aliphatic heterocycles. The summed E-state index contributed by atoms with van der Waals surface area (Å²) in [5.41, 5.74) is 0. The molecule has 0 aromatic carbocycles. The molecular weight excluding hydrogens is 281 g/mol. The van der Waals surface area contributed by atoms with E-state index in [1.54, 1.807) is 0 Å². The third-order valence-electron chi connectivity index (χ3n) is 3.52. The van der Waals surface area contributed by atoms with E-state index in [9.17, 15) is 13.2 Å². The van der Waals surface area contributed by atoms with E-state index in [-0.39, 0.29) is 5.92 Å². The average molecular weight is 306 g/mol. The zero-order valence-corrected chi connectivity index (χ0v) is 13.2. The van der Waals surface area contributed by atoms with Gasteiger partial charge >= 0.3 is 6.18 Å². The van der Waals surface area contributed by atoms with E-state index in [4.69, 9.17) is 0 Å². The van der Waals surface area contributed by atoms with Crippen molar-refractivity contribution >= 4 is 0 Å². The number of aromatic nitrogens is 3. The second-order valence-corrected chi connectivity index (χ2v) is 5.32. The number of hydrogen-bond donors (Lipinski definition) is 0. The standard InChI is InChI=1S/C12H19F3N4.C2H6/c1-9(2)18-5-3-10(4-6-18)11-16-8-19(17-11)7-12(13,14)15;1-2/h8-10H,3-7H2,1-2H3;1-2H3. The van der Waals surface area contributed by atoms with Gasteiger partial charge in [-0.1, -0.05) is 13.8 Å². The van der Waals surface area contributed by atoms with E-state index in [1.165, 1.54) is 6.33 Å². The van der Waals surface area contributed by atoms with Crippen LogP contribution in [-0.2, 0) is 6.54 Å². The van der Waals surface area contributed by atoms with Gasteiger partial charge in [0.1, 0.15) is 12.9 Å². The van der Waals surface area contributed by atoms with E-state index in [0.717, 1.165) is 30.6 Å². The molecule has 0 bridgehead atoms. The quantitative estimate of drug-likeness (QED) is 0.857. The summed E-state index contributed by atoms with van der Waals surface area (Å²) in [6, 6.07) is 0.511. The van der Waals surface area contributed by atoms with Gasteiger partial charge in [0.15, 0.2) is 5.82 Å². The van der Waals surface area contributed by atoms with Crippen LogP contribution in [0.5, 0.6) is 0 Å². The van der Waals surface area contributed by atoms with Gasteiger partial charge in [-0.25, -0.2) is 9.67 Å². The molecule has 21 heavy (non-hydrogen) atoms. The zero-order valence-electron chi connectivity index (χ0n) is 13.2. The summed E-state index contributed by atoms with van der Waals surface area (Å²) >= 11 is 0. The van der Waals surface area contributed by atoms with Crippen molar-refractivity contribution in [3.63, 3.8) is 0 Å². The lowest BCUT2D eigenvalue weighted by Gasteiger charge is -2.33. The maximum absolute atomic E-state index is 12.2. The third-order valence-corrected chi connectivity index (χ3v) is 3.52. The van der Waals surface area contributed by atoms with Crippen LogP contribution in [0.25, 0.3) is 0 Å². The molecule has 0 amide bonds. The fraction of sp³-hybridized carbons (Fsp3) is 0.857. The number of halogens is 3. The summed E-state index contributed by atoms with van der Waals surface area (Å²) in [5, 5.41) is 3.96. The van der Waals surface area contributed by atoms with Crippen molar-refractivity contribution in [3.05, 3.63) is 12.2 Å². The minimum atomic E-state index is -4.24. The lowest BCUT2D eigenvalue weighted by molar-refractivity contribution is -0.142. The van der Waals surface area contributed by atoms with Crippen LogP contribution in [0.2, 0.25) is 0 Å². The Balaban J connectivity index is 0.00000106. The van der Waals surface area contributed by atoms with Crippen LogP contribution in [0.4, 0.5) is 13.2 Å². The molecule has 1 aromatic rings. The van der Waals surface area contributed by atoms with Gasteiger partial charge in [-0.3, -0.25) is 0 Å². The van der Waals surface area contributed by atoms with Gasteiger partial charge in [0.25, 0.3) is 0 Å². The molecule has 0 atom stereocenters. The zero-order chi connectivity index (χ0) is 16.0. The molecular formula is C14H25F3N4. The highest BCUT2D eigenvalue weighted by molar-refractivity contribution is 4.97. The predicted octanol–water partition coefficient (Wildman–Crippen LogP) is 3.45. The molecule has 122 valence electrons. The molecule has 4 nitrogen and oxygen atoms in total. The van der Waals surface area contributed by atoms with Crippen molar-refractivity contribution in [2.24, 2.45) is 0 Å². The smallest absolute Gasteiger partial charge is 0.301 e. The van der Waals surface area contributed by atoms with E-state index >= 15 is 0 Å². The number of alkyl halides is 3. The summed E-state index contributed by atoms with van der Waals surface area (Å²) in [4.78, 5) is 6.39. The van der Waals surface area contributed by atoms with Crippen LogP contribution < -0.4 is 0 Å². The minimum Gasteiger partial charge on any atom is -0.301 e. The summed E-state index contributed by atoms with van der Waals surface area (Å²) in [5.74, 6) is 0.733. The Morgan fingerprint density at radius 3 is 2.29 bits per heavy atom.